The van der Waals surface area contributed by atoms with Crippen molar-refractivity contribution in [3.8, 4) is 5.75 Å². The molecule has 0 fully saturated rings. The Morgan fingerprint density at radius 2 is 1.84 bits per heavy atom. The number of ether oxygens (including phenoxy) is 2. The zero-order valence-electron chi connectivity index (χ0n) is 21.4. The van der Waals surface area contributed by atoms with E-state index in [1.165, 1.54) is 11.3 Å². The van der Waals surface area contributed by atoms with E-state index in [-0.39, 0.29) is 12.2 Å². The Kier molecular flexibility index (Phi) is 6.84. The fourth-order valence-corrected chi connectivity index (χ4v) is 5.85. The molecule has 0 radical (unpaired) electrons. The second-order valence-electron chi connectivity index (χ2n) is 8.69. The summed E-state index contributed by atoms with van der Waals surface area (Å²) in [5.41, 5.74) is 3.61. The van der Waals surface area contributed by atoms with Crippen molar-refractivity contribution in [2.45, 2.75) is 40.3 Å². The number of nitrogens with zero attached hydrogens (tertiary/aromatic N) is 3. The molecule has 0 unspecified atom stereocenters. The highest BCUT2D eigenvalue weighted by atomic mass is 32.1. The molecule has 1 aliphatic rings. The van der Waals surface area contributed by atoms with E-state index in [1.54, 1.807) is 18.4 Å². The highest BCUT2D eigenvalue weighted by Crippen LogP contribution is 2.31. The second-order valence-corrected chi connectivity index (χ2v) is 9.70. The minimum atomic E-state index is -0.648. The molecule has 3 heterocycles. The van der Waals surface area contributed by atoms with Crippen molar-refractivity contribution in [2.24, 2.45) is 4.99 Å². The summed E-state index contributed by atoms with van der Waals surface area (Å²) in [4.78, 5) is 32.2. The van der Waals surface area contributed by atoms with Gasteiger partial charge in [0.05, 0.1) is 35.1 Å². The second kappa shape index (κ2) is 10.2. The number of benzene rings is 2. The van der Waals surface area contributed by atoms with E-state index >= 15 is 0 Å². The summed E-state index contributed by atoms with van der Waals surface area (Å²) in [7, 11) is 0. The summed E-state index contributed by atoms with van der Waals surface area (Å²) in [6.45, 7) is 9.19. The fraction of sp³-hybridized carbons (Fsp3) is 0.276. The third kappa shape index (κ3) is 4.42. The van der Waals surface area contributed by atoms with Crippen LogP contribution in [0.25, 0.3) is 17.0 Å². The molecule has 2 aromatic heterocycles. The molecule has 0 saturated carbocycles. The molecule has 5 rings (SSSR count). The Hall–Kier alpha value is -3.91. The first-order valence-corrected chi connectivity index (χ1v) is 13.3. The van der Waals surface area contributed by atoms with Crippen molar-refractivity contribution >= 4 is 34.3 Å². The van der Waals surface area contributed by atoms with E-state index in [1.807, 2.05) is 49.4 Å². The number of allylic oxidation sites excluding steroid dienone is 1. The van der Waals surface area contributed by atoms with Crippen LogP contribution in [0.2, 0.25) is 0 Å². The van der Waals surface area contributed by atoms with E-state index in [2.05, 4.69) is 34.8 Å². The van der Waals surface area contributed by atoms with Gasteiger partial charge in [-0.3, -0.25) is 9.36 Å². The van der Waals surface area contributed by atoms with E-state index in [0.717, 1.165) is 34.3 Å². The molecule has 1 atom stereocenters. The molecule has 1 aliphatic heterocycles. The highest BCUT2D eigenvalue weighted by molar-refractivity contribution is 7.07. The van der Waals surface area contributed by atoms with Gasteiger partial charge in [0.25, 0.3) is 5.56 Å². The van der Waals surface area contributed by atoms with Crippen molar-refractivity contribution in [3.05, 3.63) is 96.8 Å². The number of carbonyl (C=O) groups excluding carboxylic acids is 1. The number of aryl methyl sites for hydroxylation is 1. The first-order chi connectivity index (χ1) is 18.0. The Labute approximate surface area is 218 Å². The van der Waals surface area contributed by atoms with E-state index in [0.29, 0.717) is 27.2 Å². The van der Waals surface area contributed by atoms with Crippen LogP contribution in [0, 0.1) is 0 Å². The van der Waals surface area contributed by atoms with Gasteiger partial charge in [0.1, 0.15) is 5.75 Å². The van der Waals surface area contributed by atoms with Crippen molar-refractivity contribution in [3.63, 3.8) is 0 Å². The van der Waals surface area contributed by atoms with Crippen molar-refractivity contribution in [2.75, 3.05) is 13.2 Å². The SMILES string of the molecule is CCOC(=O)C1=C(C)N=c2s/c(=C\c3cn(CC)c4ccccc34)c(=O)n2[C@H]1c1ccc(OCC)cc1. The van der Waals surface area contributed by atoms with Gasteiger partial charge in [0, 0.05) is 29.2 Å². The number of esters is 1. The number of para-hydroxylation sites is 1. The highest BCUT2D eigenvalue weighted by Gasteiger charge is 2.33. The molecule has 37 heavy (non-hydrogen) atoms. The molecule has 0 spiro atoms. The lowest BCUT2D eigenvalue weighted by Gasteiger charge is -2.24. The summed E-state index contributed by atoms with van der Waals surface area (Å²) in [5.74, 6) is 0.257. The molecule has 0 bridgehead atoms. The lowest BCUT2D eigenvalue weighted by Crippen LogP contribution is -2.39. The minimum absolute atomic E-state index is 0.190. The average Bonchev–Trinajstić information content (AvgIpc) is 3.41. The predicted octanol–water partition coefficient (Wildman–Crippen LogP) is 4.17. The molecule has 4 aromatic rings. The Morgan fingerprint density at radius 1 is 1.08 bits per heavy atom. The fourth-order valence-electron chi connectivity index (χ4n) is 4.81. The number of hydrogen-bond donors (Lipinski definition) is 0. The number of fused-ring (bicyclic) bond motifs is 2. The number of rotatable bonds is 7. The summed E-state index contributed by atoms with van der Waals surface area (Å²) in [6.07, 6.45) is 4.00. The predicted molar refractivity (Wildman–Crippen MR) is 146 cm³/mol. The van der Waals surface area contributed by atoms with Gasteiger partial charge in [-0.05, 0) is 57.5 Å². The van der Waals surface area contributed by atoms with Crippen molar-refractivity contribution in [1.82, 2.24) is 9.13 Å². The van der Waals surface area contributed by atoms with Crippen molar-refractivity contribution in [1.29, 1.82) is 0 Å². The summed E-state index contributed by atoms with van der Waals surface area (Å²) >= 11 is 1.33. The van der Waals surface area contributed by atoms with Crippen LogP contribution in [-0.4, -0.2) is 28.3 Å². The van der Waals surface area contributed by atoms with E-state index in [9.17, 15) is 9.59 Å². The van der Waals surface area contributed by atoms with Gasteiger partial charge in [-0.25, -0.2) is 9.79 Å². The Bertz CT molecular complexity index is 1690. The molecule has 0 amide bonds. The van der Waals surface area contributed by atoms with Crippen LogP contribution in [0.3, 0.4) is 0 Å². The number of thiazole rings is 1. The molecule has 0 N–H and O–H groups in total. The Balaban J connectivity index is 1.71. The van der Waals surface area contributed by atoms with Gasteiger partial charge in [-0.15, -0.1) is 0 Å². The van der Waals surface area contributed by atoms with Gasteiger partial charge in [-0.2, -0.15) is 0 Å². The summed E-state index contributed by atoms with van der Waals surface area (Å²) in [5, 5.41) is 1.08. The van der Waals surface area contributed by atoms with Crippen LogP contribution in [0.5, 0.6) is 5.75 Å². The zero-order valence-corrected chi connectivity index (χ0v) is 22.2. The largest absolute Gasteiger partial charge is 0.494 e. The molecule has 0 saturated heterocycles. The van der Waals surface area contributed by atoms with Crippen molar-refractivity contribution < 1.29 is 14.3 Å². The van der Waals surface area contributed by atoms with Crippen LogP contribution in [0.4, 0.5) is 0 Å². The molecule has 8 heteroatoms. The monoisotopic (exact) mass is 515 g/mol. The summed E-state index contributed by atoms with van der Waals surface area (Å²) < 4.78 is 15.3. The molecule has 7 nitrogen and oxygen atoms in total. The maximum absolute atomic E-state index is 13.9. The molecule has 190 valence electrons. The molecular formula is C29H29N3O4S. The molecule has 2 aromatic carbocycles. The van der Waals surface area contributed by atoms with Crippen LogP contribution < -0.4 is 19.6 Å². The van der Waals surface area contributed by atoms with Crippen LogP contribution in [0.1, 0.15) is 44.9 Å². The van der Waals surface area contributed by atoms with Crippen LogP contribution in [0.15, 0.2) is 75.8 Å². The third-order valence-corrected chi connectivity index (χ3v) is 7.45. The Morgan fingerprint density at radius 3 is 2.54 bits per heavy atom. The van der Waals surface area contributed by atoms with E-state index < -0.39 is 12.0 Å². The first kappa shape index (κ1) is 24.8. The number of aromatic nitrogens is 2. The van der Waals surface area contributed by atoms with Gasteiger partial charge in [0.2, 0.25) is 0 Å². The lowest BCUT2D eigenvalue weighted by atomic mass is 9.96. The van der Waals surface area contributed by atoms with Gasteiger partial charge in [-0.1, -0.05) is 41.7 Å². The standard InChI is InChI=1S/C29H29N3O4S/c1-5-31-17-20(22-10-8-9-11-23(22)31)16-24-27(33)32-26(19-12-14-21(15-13-19)35-6-2)25(28(34)36-7-3)18(4)30-29(32)37-24/h8-17,26H,5-7H2,1-4H3/b24-16-/t26-/m0/s1. The smallest absolute Gasteiger partial charge is 0.338 e. The summed E-state index contributed by atoms with van der Waals surface area (Å²) in [6, 6.07) is 15.0. The quantitative estimate of drug-likeness (QED) is 0.346. The maximum atomic E-state index is 13.9. The number of hydrogen-bond acceptors (Lipinski definition) is 6. The van der Waals surface area contributed by atoms with Gasteiger partial charge >= 0.3 is 5.97 Å². The maximum Gasteiger partial charge on any atom is 0.338 e. The first-order valence-electron chi connectivity index (χ1n) is 12.5. The normalized spacial score (nSPS) is 15.6. The minimum Gasteiger partial charge on any atom is -0.494 e. The topological polar surface area (TPSA) is 74.8 Å². The third-order valence-electron chi connectivity index (χ3n) is 6.47. The van der Waals surface area contributed by atoms with Gasteiger partial charge < -0.3 is 14.0 Å². The van der Waals surface area contributed by atoms with E-state index in [4.69, 9.17) is 9.47 Å². The molecule has 0 aliphatic carbocycles. The molecular weight excluding hydrogens is 486 g/mol. The lowest BCUT2D eigenvalue weighted by molar-refractivity contribution is -0.139. The van der Waals surface area contributed by atoms with Crippen LogP contribution in [-0.2, 0) is 16.1 Å². The number of carbonyl (C=O) groups is 1. The average molecular weight is 516 g/mol. The van der Waals surface area contributed by atoms with Gasteiger partial charge in [0.15, 0.2) is 4.80 Å². The van der Waals surface area contributed by atoms with Crippen LogP contribution >= 0.6 is 11.3 Å². The zero-order chi connectivity index (χ0) is 26.1.